The highest BCUT2D eigenvalue weighted by molar-refractivity contribution is 5.98. The maximum absolute atomic E-state index is 13.3. The van der Waals surface area contributed by atoms with Gasteiger partial charge in [0.25, 0.3) is 0 Å². The van der Waals surface area contributed by atoms with Crippen LogP contribution in [0.1, 0.15) is 58.4 Å². The van der Waals surface area contributed by atoms with Gasteiger partial charge in [0.05, 0.1) is 11.8 Å². The molecule has 13 heteroatoms. The maximum atomic E-state index is 13.3. The van der Waals surface area contributed by atoms with Crippen molar-refractivity contribution in [1.82, 2.24) is 16.0 Å². The number of urea groups is 1. The zero-order chi connectivity index (χ0) is 29.8. The third-order valence-electron chi connectivity index (χ3n) is 6.68. The fourth-order valence-electron chi connectivity index (χ4n) is 4.51. The number of anilines is 1. The Hall–Kier alpha value is -4.16. The highest BCUT2D eigenvalue weighted by Gasteiger charge is 2.39. The monoisotopic (exact) mass is 561 g/mol. The number of amides is 5. The van der Waals surface area contributed by atoms with Gasteiger partial charge in [0.2, 0.25) is 17.7 Å². The van der Waals surface area contributed by atoms with Gasteiger partial charge >= 0.3 is 18.0 Å². The second-order valence-corrected chi connectivity index (χ2v) is 10.2. The number of primary amides is 1. The fourth-order valence-corrected chi connectivity index (χ4v) is 4.51. The number of carboxylic acid groups (broad SMARTS) is 1. The number of rotatable bonds is 14. The van der Waals surface area contributed by atoms with E-state index in [9.17, 15) is 33.9 Å². The molecule has 0 saturated heterocycles. The number of benzene rings is 1. The van der Waals surface area contributed by atoms with Gasteiger partial charge in [0, 0.05) is 19.2 Å². The molecular formula is C27H39N5O8. The molecule has 1 fully saturated rings. The van der Waals surface area contributed by atoms with Crippen molar-refractivity contribution in [2.24, 2.45) is 23.5 Å². The standard InChI is InChI=1S/C27H39N5O8/c1-15(2)22(32-23(34)19-6-4-7-20(19)26(37)38)25(36)31-21(8-5-13-29-27(28)39)24(35)30-18-11-9-17(10-12-18)14-40-16(3)33/h9-12,15,19-22H,4-8,13-14H2,1-3H3,(H,30,35)(H,31,36)(H,32,34)(H,37,38)(H3,28,29,39)/t19?,20?,21-,22-/m0/s1. The summed E-state index contributed by atoms with van der Waals surface area (Å²) in [7, 11) is 0. The van der Waals surface area contributed by atoms with Gasteiger partial charge in [0.1, 0.15) is 18.7 Å². The number of hydrogen-bond donors (Lipinski definition) is 6. The number of nitrogens with two attached hydrogens (primary N) is 1. The minimum absolute atomic E-state index is 0.0888. The van der Waals surface area contributed by atoms with Crippen molar-refractivity contribution in [1.29, 1.82) is 0 Å². The minimum atomic E-state index is -1.04. The lowest BCUT2D eigenvalue weighted by Gasteiger charge is -2.27. The zero-order valence-corrected chi connectivity index (χ0v) is 23.0. The highest BCUT2D eigenvalue weighted by Crippen LogP contribution is 2.32. The second kappa shape index (κ2) is 15.4. The Balaban J connectivity index is 2.11. The summed E-state index contributed by atoms with van der Waals surface area (Å²) < 4.78 is 4.95. The molecule has 5 amide bonds. The Labute approximate surface area is 233 Å². The van der Waals surface area contributed by atoms with E-state index >= 15 is 0 Å². The van der Waals surface area contributed by atoms with Gasteiger partial charge in [-0.1, -0.05) is 32.4 Å². The highest BCUT2D eigenvalue weighted by atomic mass is 16.5. The Morgan fingerprint density at radius 1 is 1.00 bits per heavy atom. The minimum Gasteiger partial charge on any atom is -0.481 e. The third-order valence-corrected chi connectivity index (χ3v) is 6.68. The van der Waals surface area contributed by atoms with Crippen molar-refractivity contribution in [3.63, 3.8) is 0 Å². The Kier molecular flexibility index (Phi) is 12.4. The molecule has 0 aliphatic heterocycles. The molecule has 1 aliphatic carbocycles. The molecule has 1 aromatic rings. The average molecular weight is 562 g/mol. The Morgan fingerprint density at radius 3 is 2.23 bits per heavy atom. The summed E-state index contributed by atoms with van der Waals surface area (Å²) in [6.45, 7) is 5.04. The summed E-state index contributed by atoms with van der Waals surface area (Å²) in [5.74, 6) is -4.94. The molecular weight excluding hydrogens is 522 g/mol. The average Bonchev–Trinajstić information content (AvgIpc) is 3.38. The molecule has 0 aromatic heterocycles. The number of carboxylic acids is 1. The van der Waals surface area contributed by atoms with Gasteiger partial charge in [-0.3, -0.25) is 24.0 Å². The summed E-state index contributed by atoms with van der Waals surface area (Å²) in [6, 6.07) is 3.89. The van der Waals surface area contributed by atoms with Crippen LogP contribution in [0.2, 0.25) is 0 Å². The number of aliphatic carboxylic acids is 1. The molecule has 2 unspecified atom stereocenters. The van der Waals surface area contributed by atoms with E-state index in [1.807, 2.05) is 0 Å². The van der Waals surface area contributed by atoms with E-state index in [1.54, 1.807) is 38.1 Å². The van der Waals surface area contributed by atoms with Crippen LogP contribution in [0.3, 0.4) is 0 Å². The van der Waals surface area contributed by atoms with Gasteiger partial charge < -0.3 is 36.8 Å². The van der Waals surface area contributed by atoms with Crippen LogP contribution in [-0.4, -0.2) is 59.4 Å². The summed E-state index contributed by atoms with van der Waals surface area (Å²) in [5.41, 5.74) is 6.26. The van der Waals surface area contributed by atoms with Crippen LogP contribution in [0.5, 0.6) is 0 Å². The number of carbonyl (C=O) groups is 6. The van der Waals surface area contributed by atoms with Gasteiger partial charge in [-0.2, -0.15) is 0 Å². The molecule has 220 valence electrons. The van der Waals surface area contributed by atoms with E-state index in [4.69, 9.17) is 10.5 Å². The lowest BCUT2D eigenvalue weighted by atomic mass is 9.94. The van der Waals surface area contributed by atoms with Crippen LogP contribution >= 0.6 is 0 Å². The largest absolute Gasteiger partial charge is 0.481 e. The first kappa shape index (κ1) is 32.1. The molecule has 4 atom stereocenters. The quantitative estimate of drug-likeness (QED) is 0.144. The van der Waals surface area contributed by atoms with Crippen molar-refractivity contribution < 1.29 is 38.6 Å². The lowest BCUT2D eigenvalue weighted by molar-refractivity contribution is -0.146. The first-order valence-corrected chi connectivity index (χ1v) is 13.3. The Morgan fingerprint density at radius 2 is 1.65 bits per heavy atom. The number of carbonyl (C=O) groups excluding carboxylic acids is 5. The molecule has 1 saturated carbocycles. The van der Waals surface area contributed by atoms with Crippen molar-refractivity contribution in [2.75, 3.05) is 11.9 Å². The van der Waals surface area contributed by atoms with Crippen molar-refractivity contribution >= 4 is 41.4 Å². The van der Waals surface area contributed by atoms with Crippen LogP contribution in [0.15, 0.2) is 24.3 Å². The van der Waals surface area contributed by atoms with Crippen LogP contribution in [0, 0.1) is 17.8 Å². The van der Waals surface area contributed by atoms with Gasteiger partial charge in [0.15, 0.2) is 0 Å². The van der Waals surface area contributed by atoms with Gasteiger partial charge in [-0.05, 0) is 49.3 Å². The van der Waals surface area contributed by atoms with Gasteiger partial charge in [-0.15, -0.1) is 0 Å². The van der Waals surface area contributed by atoms with Gasteiger partial charge in [-0.25, -0.2) is 4.79 Å². The second-order valence-electron chi connectivity index (χ2n) is 10.2. The molecule has 40 heavy (non-hydrogen) atoms. The number of nitrogens with one attached hydrogen (secondary N) is 4. The third kappa shape index (κ3) is 10.2. The van der Waals surface area contributed by atoms with Crippen molar-refractivity contribution in [2.45, 2.75) is 71.6 Å². The first-order valence-electron chi connectivity index (χ1n) is 13.3. The van der Waals surface area contributed by atoms with E-state index in [0.29, 0.717) is 31.4 Å². The van der Waals surface area contributed by atoms with E-state index < -0.39 is 59.6 Å². The van der Waals surface area contributed by atoms with Crippen LogP contribution in [0.25, 0.3) is 0 Å². The van der Waals surface area contributed by atoms with Crippen LogP contribution in [0.4, 0.5) is 10.5 Å². The molecule has 13 nitrogen and oxygen atoms in total. The van der Waals surface area contributed by atoms with E-state index in [0.717, 1.165) is 5.56 Å². The molecule has 1 aliphatic rings. The number of hydrogen-bond acceptors (Lipinski definition) is 7. The molecule has 0 bridgehead atoms. The number of ether oxygens (including phenoxy) is 1. The molecule has 0 radical (unpaired) electrons. The molecule has 0 spiro atoms. The normalized spacial score (nSPS) is 17.8. The lowest BCUT2D eigenvalue weighted by Crippen LogP contribution is -2.55. The predicted octanol–water partition coefficient (Wildman–Crippen LogP) is 1.26. The summed E-state index contributed by atoms with van der Waals surface area (Å²) in [6.07, 6.45) is 1.92. The SMILES string of the molecule is CC(=O)OCc1ccc(NC(=O)[C@H](CCCNC(N)=O)NC(=O)[C@@H](NC(=O)C2CCCC2C(=O)O)C(C)C)cc1. The van der Waals surface area contributed by atoms with E-state index in [1.165, 1.54) is 6.92 Å². The van der Waals surface area contributed by atoms with E-state index in [-0.39, 0.29) is 25.5 Å². The van der Waals surface area contributed by atoms with E-state index in [2.05, 4.69) is 21.3 Å². The van der Waals surface area contributed by atoms with Crippen molar-refractivity contribution in [3.05, 3.63) is 29.8 Å². The molecule has 2 rings (SSSR count). The fraction of sp³-hybridized carbons (Fsp3) is 0.556. The molecule has 0 heterocycles. The molecule has 7 N–H and O–H groups in total. The summed E-state index contributed by atoms with van der Waals surface area (Å²) in [4.78, 5) is 72.9. The zero-order valence-electron chi connectivity index (χ0n) is 23.0. The first-order chi connectivity index (χ1) is 18.9. The topological polar surface area (TPSA) is 206 Å². The smallest absolute Gasteiger partial charge is 0.312 e. The Bertz CT molecular complexity index is 1080. The summed E-state index contributed by atoms with van der Waals surface area (Å²) >= 11 is 0. The van der Waals surface area contributed by atoms with Crippen LogP contribution < -0.4 is 27.0 Å². The predicted molar refractivity (Wildman–Crippen MR) is 145 cm³/mol. The molecule has 1 aromatic carbocycles. The van der Waals surface area contributed by atoms with Crippen molar-refractivity contribution in [3.8, 4) is 0 Å². The summed E-state index contributed by atoms with van der Waals surface area (Å²) in [5, 5.41) is 20.0. The van der Waals surface area contributed by atoms with Crippen LogP contribution in [-0.2, 0) is 35.3 Å². The maximum Gasteiger partial charge on any atom is 0.312 e. The number of esters is 1.